The van der Waals surface area contributed by atoms with E-state index in [0.29, 0.717) is 5.39 Å². The molecule has 0 unspecified atom stereocenters. The molecule has 0 saturated heterocycles. The maximum atomic E-state index is 13.2. The topological polar surface area (TPSA) is 102 Å². The molecule has 0 heterocycles. The van der Waals surface area contributed by atoms with Gasteiger partial charge in [0.25, 0.3) is 10.0 Å². The van der Waals surface area contributed by atoms with Gasteiger partial charge in [0.2, 0.25) is 10.0 Å². The Morgan fingerprint density at radius 3 is 2.31 bits per heavy atom. The van der Waals surface area contributed by atoms with E-state index in [2.05, 4.69) is 9.44 Å². The van der Waals surface area contributed by atoms with Gasteiger partial charge in [0, 0.05) is 5.39 Å². The fraction of sp³-hybridized carbons (Fsp3) is 0.200. The van der Waals surface area contributed by atoms with Crippen LogP contribution in [-0.2, 0) is 32.9 Å². The second-order valence-corrected chi connectivity index (χ2v) is 10.3. The average Bonchev–Trinajstić information content (AvgIpc) is 3.13. The molecule has 0 saturated carbocycles. The first-order chi connectivity index (χ1) is 13.8. The molecule has 0 amide bonds. The Hall–Kier alpha value is -2.62. The van der Waals surface area contributed by atoms with Gasteiger partial charge in [0.05, 0.1) is 22.6 Å². The van der Waals surface area contributed by atoms with Crippen LogP contribution in [0.15, 0.2) is 58.3 Å². The second-order valence-electron chi connectivity index (χ2n) is 6.74. The van der Waals surface area contributed by atoms with Crippen molar-refractivity contribution in [1.82, 2.24) is 4.72 Å². The molecule has 9 heteroatoms. The maximum absolute atomic E-state index is 13.2. The zero-order valence-corrected chi connectivity index (χ0v) is 17.5. The molecular formula is C20H20N2O5S2. The zero-order valence-electron chi connectivity index (χ0n) is 15.9. The van der Waals surface area contributed by atoms with E-state index >= 15 is 0 Å². The Morgan fingerprint density at radius 2 is 1.62 bits per heavy atom. The number of benzene rings is 3. The summed E-state index contributed by atoms with van der Waals surface area (Å²) in [6.07, 6.45) is 1.78. The van der Waals surface area contributed by atoms with Gasteiger partial charge in [-0.1, -0.05) is 24.3 Å². The lowest BCUT2D eigenvalue weighted by Crippen LogP contribution is -2.19. The number of methoxy groups -OCH3 is 1. The summed E-state index contributed by atoms with van der Waals surface area (Å²) in [5, 5.41) is 1.64. The van der Waals surface area contributed by atoms with Gasteiger partial charge in [-0.2, -0.15) is 0 Å². The summed E-state index contributed by atoms with van der Waals surface area (Å²) in [4.78, 5) is 0.0721. The van der Waals surface area contributed by atoms with Crippen LogP contribution in [0.25, 0.3) is 10.8 Å². The molecular weight excluding hydrogens is 412 g/mol. The summed E-state index contributed by atoms with van der Waals surface area (Å²) < 4.78 is 60.6. The number of hydrogen-bond acceptors (Lipinski definition) is 5. The standard InChI is InChI=1S/C20H20N2O5S2/c1-21-28(23,24)15-9-10-18(27-2)17(12-15)22-29(25,26)19-11-8-14-7-6-13-4-3-5-16(19)20(13)14/h3-5,8-12,21-22H,6-7H2,1-2H3. The van der Waals surface area contributed by atoms with Crippen molar-refractivity contribution in [3.8, 4) is 5.75 Å². The highest BCUT2D eigenvalue weighted by atomic mass is 32.2. The molecule has 0 atom stereocenters. The largest absolute Gasteiger partial charge is 0.495 e. The number of aryl methyl sites for hydroxylation is 2. The van der Waals surface area contributed by atoms with Crippen molar-refractivity contribution in [2.24, 2.45) is 0 Å². The normalized spacial score (nSPS) is 13.6. The monoisotopic (exact) mass is 432 g/mol. The van der Waals surface area contributed by atoms with Gasteiger partial charge in [-0.25, -0.2) is 21.6 Å². The van der Waals surface area contributed by atoms with Crippen LogP contribution in [0.1, 0.15) is 11.1 Å². The van der Waals surface area contributed by atoms with Crippen LogP contribution in [-0.4, -0.2) is 31.0 Å². The molecule has 152 valence electrons. The van der Waals surface area contributed by atoms with Crippen molar-refractivity contribution >= 4 is 36.5 Å². The minimum absolute atomic E-state index is 0.0482. The summed E-state index contributed by atoms with van der Waals surface area (Å²) in [5.74, 6) is 0.217. The van der Waals surface area contributed by atoms with E-state index in [9.17, 15) is 16.8 Å². The van der Waals surface area contributed by atoms with E-state index in [4.69, 9.17) is 4.74 Å². The highest BCUT2D eigenvalue weighted by Crippen LogP contribution is 2.36. The van der Waals surface area contributed by atoms with Crippen LogP contribution in [0.3, 0.4) is 0 Å². The lowest BCUT2D eigenvalue weighted by Gasteiger charge is -2.15. The number of ether oxygens (including phenoxy) is 1. The van der Waals surface area contributed by atoms with Crippen LogP contribution < -0.4 is 14.2 Å². The third-order valence-electron chi connectivity index (χ3n) is 5.12. The van der Waals surface area contributed by atoms with E-state index in [1.165, 1.54) is 32.4 Å². The number of rotatable bonds is 6. The molecule has 4 rings (SSSR count). The first kappa shape index (κ1) is 19.7. The average molecular weight is 433 g/mol. The zero-order chi connectivity index (χ0) is 20.8. The van der Waals surface area contributed by atoms with Gasteiger partial charge in [0.15, 0.2) is 0 Å². The van der Waals surface area contributed by atoms with Crippen molar-refractivity contribution in [3.05, 3.63) is 59.7 Å². The van der Waals surface area contributed by atoms with E-state index in [1.54, 1.807) is 12.1 Å². The van der Waals surface area contributed by atoms with Crippen LogP contribution in [0.2, 0.25) is 0 Å². The Kier molecular flexibility index (Phi) is 4.76. The number of anilines is 1. The van der Waals surface area contributed by atoms with Crippen molar-refractivity contribution in [2.75, 3.05) is 18.9 Å². The van der Waals surface area contributed by atoms with Gasteiger partial charge in [0.1, 0.15) is 5.75 Å². The van der Waals surface area contributed by atoms with Crippen LogP contribution in [0.5, 0.6) is 5.75 Å². The first-order valence-electron chi connectivity index (χ1n) is 8.95. The Morgan fingerprint density at radius 1 is 0.897 bits per heavy atom. The number of hydrogen-bond donors (Lipinski definition) is 2. The molecule has 0 spiro atoms. The molecule has 0 radical (unpaired) electrons. The fourth-order valence-electron chi connectivity index (χ4n) is 3.71. The number of sulfonamides is 2. The lowest BCUT2D eigenvalue weighted by molar-refractivity contribution is 0.416. The van der Waals surface area contributed by atoms with Gasteiger partial charge in [-0.05, 0) is 60.7 Å². The maximum Gasteiger partial charge on any atom is 0.262 e. The molecule has 3 aromatic rings. The smallest absolute Gasteiger partial charge is 0.262 e. The molecule has 0 aromatic heterocycles. The fourth-order valence-corrected chi connectivity index (χ4v) is 5.73. The van der Waals surface area contributed by atoms with E-state index in [0.717, 1.165) is 29.4 Å². The molecule has 29 heavy (non-hydrogen) atoms. The Bertz CT molecular complexity index is 1320. The SMILES string of the molecule is CNS(=O)(=O)c1ccc(OC)c(NS(=O)(=O)c2ccc3c4c(cccc24)CC3)c1. The van der Waals surface area contributed by atoms with Crippen LogP contribution >= 0.6 is 0 Å². The second kappa shape index (κ2) is 7.01. The summed E-state index contributed by atoms with van der Waals surface area (Å²) in [6.45, 7) is 0. The van der Waals surface area contributed by atoms with Crippen LogP contribution in [0, 0.1) is 0 Å². The predicted octanol–water partition coefficient (Wildman–Crippen LogP) is 2.66. The highest BCUT2D eigenvalue weighted by Gasteiger charge is 2.24. The summed E-state index contributed by atoms with van der Waals surface area (Å²) in [7, 11) is -5.06. The highest BCUT2D eigenvalue weighted by molar-refractivity contribution is 7.93. The van der Waals surface area contributed by atoms with Gasteiger partial charge < -0.3 is 4.74 Å². The third-order valence-corrected chi connectivity index (χ3v) is 7.96. The molecule has 0 fully saturated rings. The Balaban J connectivity index is 1.83. The van der Waals surface area contributed by atoms with E-state index in [1.807, 2.05) is 18.2 Å². The van der Waals surface area contributed by atoms with Crippen LogP contribution in [0.4, 0.5) is 5.69 Å². The summed E-state index contributed by atoms with van der Waals surface area (Å²) >= 11 is 0. The van der Waals surface area contributed by atoms with Crippen molar-refractivity contribution in [2.45, 2.75) is 22.6 Å². The molecule has 1 aliphatic carbocycles. The van der Waals surface area contributed by atoms with E-state index in [-0.39, 0.29) is 21.2 Å². The Labute approximate surface area is 169 Å². The van der Waals surface area contributed by atoms with Gasteiger partial charge >= 0.3 is 0 Å². The minimum Gasteiger partial charge on any atom is -0.495 e. The minimum atomic E-state index is -3.99. The van der Waals surface area contributed by atoms with Crippen molar-refractivity contribution in [1.29, 1.82) is 0 Å². The first-order valence-corrected chi connectivity index (χ1v) is 11.9. The summed E-state index contributed by atoms with van der Waals surface area (Å²) in [5.41, 5.74) is 2.32. The predicted molar refractivity (Wildman–Crippen MR) is 111 cm³/mol. The van der Waals surface area contributed by atoms with Gasteiger partial charge in [-0.3, -0.25) is 4.72 Å². The summed E-state index contributed by atoms with van der Waals surface area (Å²) in [6, 6.07) is 13.1. The van der Waals surface area contributed by atoms with Gasteiger partial charge in [-0.15, -0.1) is 0 Å². The van der Waals surface area contributed by atoms with Crippen molar-refractivity contribution < 1.29 is 21.6 Å². The molecule has 1 aliphatic rings. The molecule has 0 aliphatic heterocycles. The van der Waals surface area contributed by atoms with Crippen molar-refractivity contribution in [3.63, 3.8) is 0 Å². The van der Waals surface area contributed by atoms with E-state index < -0.39 is 20.0 Å². The molecule has 3 aromatic carbocycles. The lowest BCUT2D eigenvalue weighted by atomic mass is 10.1. The number of nitrogens with one attached hydrogen (secondary N) is 2. The third kappa shape index (κ3) is 3.35. The molecule has 2 N–H and O–H groups in total. The quantitative estimate of drug-likeness (QED) is 0.624. The molecule has 7 nitrogen and oxygen atoms in total. The molecule has 0 bridgehead atoms.